The summed E-state index contributed by atoms with van der Waals surface area (Å²) in [7, 11) is 0. The quantitative estimate of drug-likeness (QED) is 0.657. The second-order valence-corrected chi connectivity index (χ2v) is 5.34. The van der Waals surface area contributed by atoms with E-state index in [0.717, 1.165) is 44.9 Å². The minimum absolute atomic E-state index is 0.0112. The number of nitrogens with two attached hydrogens (primary N) is 1. The van der Waals surface area contributed by atoms with Gasteiger partial charge in [0.15, 0.2) is 0 Å². The molecule has 2 atom stereocenters. The van der Waals surface area contributed by atoms with Crippen molar-refractivity contribution >= 4 is 5.91 Å². The minimum Gasteiger partial charge on any atom is -0.394 e. The molecule has 16 heavy (non-hydrogen) atoms. The highest BCUT2D eigenvalue weighted by atomic mass is 16.3. The average Bonchev–Trinajstić information content (AvgIpc) is 2.87. The van der Waals surface area contributed by atoms with Gasteiger partial charge in [-0.25, -0.2) is 0 Å². The fourth-order valence-electron chi connectivity index (χ4n) is 3.04. The molecule has 0 aromatic rings. The molecule has 0 bridgehead atoms. The van der Waals surface area contributed by atoms with E-state index in [1.807, 2.05) is 0 Å². The molecule has 4 N–H and O–H groups in total. The third kappa shape index (κ3) is 2.23. The van der Waals surface area contributed by atoms with Crippen molar-refractivity contribution < 1.29 is 9.90 Å². The van der Waals surface area contributed by atoms with Crippen molar-refractivity contribution in [3.05, 3.63) is 0 Å². The summed E-state index contributed by atoms with van der Waals surface area (Å²) in [6, 6.07) is 0.0112. The van der Waals surface area contributed by atoms with Gasteiger partial charge in [0.1, 0.15) is 0 Å². The van der Waals surface area contributed by atoms with Crippen LogP contribution in [-0.4, -0.2) is 29.2 Å². The Morgan fingerprint density at radius 2 is 2.00 bits per heavy atom. The monoisotopic (exact) mass is 226 g/mol. The van der Waals surface area contributed by atoms with Crippen LogP contribution in [0, 0.1) is 5.92 Å². The third-order valence-corrected chi connectivity index (χ3v) is 4.16. The van der Waals surface area contributed by atoms with E-state index in [2.05, 4.69) is 5.32 Å². The van der Waals surface area contributed by atoms with Crippen LogP contribution in [0.4, 0.5) is 0 Å². The number of hydrogen-bond acceptors (Lipinski definition) is 3. The van der Waals surface area contributed by atoms with Crippen LogP contribution in [0.25, 0.3) is 0 Å². The highest BCUT2D eigenvalue weighted by Gasteiger charge is 2.38. The summed E-state index contributed by atoms with van der Waals surface area (Å²) < 4.78 is 0. The molecule has 92 valence electrons. The number of carbonyl (C=O) groups is 1. The Labute approximate surface area is 96.6 Å². The highest BCUT2D eigenvalue weighted by Crippen LogP contribution is 2.31. The van der Waals surface area contributed by atoms with Gasteiger partial charge >= 0.3 is 0 Å². The van der Waals surface area contributed by atoms with Gasteiger partial charge in [0.05, 0.1) is 18.1 Å². The van der Waals surface area contributed by atoms with Crippen molar-refractivity contribution in [2.45, 2.75) is 56.5 Å². The molecule has 2 saturated carbocycles. The van der Waals surface area contributed by atoms with Crippen LogP contribution in [0.1, 0.15) is 44.9 Å². The van der Waals surface area contributed by atoms with E-state index in [1.165, 1.54) is 0 Å². The summed E-state index contributed by atoms with van der Waals surface area (Å²) in [6.45, 7) is 0.0562. The molecule has 0 aromatic heterocycles. The fraction of sp³-hybridized carbons (Fsp3) is 0.917. The van der Waals surface area contributed by atoms with E-state index in [4.69, 9.17) is 5.73 Å². The number of carbonyl (C=O) groups excluding carboxylic acids is 1. The van der Waals surface area contributed by atoms with Gasteiger partial charge in [-0.2, -0.15) is 0 Å². The van der Waals surface area contributed by atoms with Crippen LogP contribution in [0.15, 0.2) is 0 Å². The van der Waals surface area contributed by atoms with Gasteiger partial charge in [-0.3, -0.25) is 4.79 Å². The zero-order valence-electron chi connectivity index (χ0n) is 9.74. The molecular formula is C12H22N2O2. The number of aliphatic hydroxyl groups excluding tert-OH is 1. The predicted molar refractivity (Wildman–Crippen MR) is 61.7 cm³/mol. The van der Waals surface area contributed by atoms with E-state index < -0.39 is 0 Å². The molecular weight excluding hydrogens is 204 g/mol. The van der Waals surface area contributed by atoms with Crippen LogP contribution >= 0.6 is 0 Å². The van der Waals surface area contributed by atoms with E-state index in [1.54, 1.807) is 0 Å². The number of aliphatic hydroxyl groups is 1. The maximum Gasteiger partial charge on any atom is 0.225 e. The van der Waals surface area contributed by atoms with Crippen LogP contribution < -0.4 is 11.1 Å². The van der Waals surface area contributed by atoms with Gasteiger partial charge in [-0.15, -0.1) is 0 Å². The minimum atomic E-state index is -0.348. The van der Waals surface area contributed by atoms with Crippen molar-refractivity contribution in [1.82, 2.24) is 5.32 Å². The number of amides is 1. The van der Waals surface area contributed by atoms with E-state index in [9.17, 15) is 9.90 Å². The molecule has 0 aliphatic heterocycles. The molecule has 0 heterocycles. The summed E-state index contributed by atoms with van der Waals surface area (Å²) in [5, 5.41) is 12.5. The lowest BCUT2D eigenvalue weighted by atomic mass is 9.95. The Balaban J connectivity index is 1.95. The Bertz CT molecular complexity index is 262. The second kappa shape index (κ2) is 4.72. The first kappa shape index (κ1) is 11.9. The molecule has 4 nitrogen and oxygen atoms in total. The van der Waals surface area contributed by atoms with Crippen molar-refractivity contribution in [3.63, 3.8) is 0 Å². The Morgan fingerprint density at radius 3 is 2.50 bits per heavy atom. The molecule has 2 aliphatic rings. The topological polar surface area (TPSA) is 75.4 Å². The predicted octanol–water partition coefficient (Wildman–Crippen LogP) is 0.535. The average molecular weight is 226 g/mol. The Kier molecular flexibility index (Phi) is 3.50. The lowest BCUT2D eigenvalue weighted by Crippen LogP contribution is -2.52. The first-order chi connectivity index (χ1) is 7.67. The maximum atomic E-state index is 12.1. The van der Waals surface area contributed by atoms with Gasteiger partial charge < -0.3 is 16.2 Å². The summed E-state index contributed by atoms with van der Waals surface area (Å²) in [5.74, 6) is 0.0185. The molecule has 0 spiro atoms. The van der Waals surface area contributed by atoms with Gasteiger partial charge in [0.2, 0.25) is 5.91 Å². The smallest absolute Gasteiger partial charge is 0.225 e. The summed E-state index contributed by atoms with van der Waals surface area (Å²) in [5.41, 5.74) is 5.57. The summed E-state index contributed by atoms with van der Waals surface area (Å²) >= 11 is 0. The Hall–Kier alpha value is -0.610. The molecule has 2 unspecified atom stereocenters. The van der Waals surface area contributed by atoms with E-state index >= 15 is 0 Å². The lowest BCUT2D eigenvalue weighted by Gasteiger charge is -2.30. The molecule has 2 fully saturated rings. The van der Waals surface area contributed by atoms with E-state index in [0.29, 0.717) is 0 Å². The second-order valence-electron chi connectivity index (χ2n) is 5.34. The normalized spacial score (nSPS) is 32.9. The number of hydrogen-bond donors (Lipinski definition) is 3. The van der Waals surface area contributed by atoms with Gasteiger partial charge in [-0.05, 0) is 25.7 Å². The first-order valence-electron chi connectivity index (χ1n) is 6.35. The van der Waals surface area contributed by atoms with Gasteiger partial charge in [0, 0.05) is 6.04 Å². The molecule has 2 aliphatic carbocycles. The van der Waals surface area contributed by atoms with Crippen LogP contribution in [-0.2, 0) is 4.79 Å². The SMILES string of the molecule is NC1CCCC1C(=O)NC1(CO)CCCC1. The van der Waals surface area contributed by atoms with Crippen molar-refractivity contribution in [2.75, 3.05) is 6.61 Å². The van der Waals surface area contributed by atoms with Crippen molar-refractivity contribution in [1.29, 1.82) is 0 Å². The largest absolute Gasteiger partial charge is 0.394 e. The summed E-state index contributed by atoms with van der Waals surface area (Å²) in [4.78, 5) is 12.1. The molecule has 1 amide bonds. The molecule has 0 aromatic carbocycles. The third-order valence-electron chi connectivity index (χ3n) is 4.16. The maximum absolute atomic E-state index is 12.1. The van der Waals surface area contributed by atoms with Gasteiger partial charge in [0.25, 0.3) is 0 Å². The lowest BCUT2D eigenvalue weighted by molar-refractivity contribution is -0.127. The fourth-order valence-corrected chi connectivity index (χ4v) is 3.04. The molecule has 2 rings (SSSR count). The van der Waals surface area contributed by atoms with Crippen molar-refractivity contribution in [2.24, 2.45) is 11.7 Å². The zero-order chi connectivity index (χ0) is 11.6. The van der Waals surface area contributed by atoms with Gasteiger partial charge in [-0.1, -0.05) is 19.3 Å². The zero-order valence-corrected chi connectivity index (χ0v) is 9.74. The highest BCUT2D eigenvalue weighted by molar-refractivity contribution is 5.80. The Morgan fingerprint density at radius 1 is 1.31 bits per heavy atom. The van der Waals surface area contributed by atoms with Crippen molar-refractivity contribution in [3.8, 4) is 0 Å². The van der Waals surface area contributed by atoms with Crippen LogP contribution in [0.3, 0.4) is 0 Å². The van der Waals surface area contributed by atoms with Crippen LogP contribution in [0.5, 0.6) is 0 Å². The first-order valence-corrected chi connectivity index (χ1v) is 6.35. The van der Waals surface area contributed by atoms with E-state index in [-0.39, 0.29) is 30.0 Å². The summed E-state index contributed by atoms with van der Waals surface area (Å²) in [6.07, 6.45) is 6.88. The molecule has 0 radical (unpaired) electrons. The van der Waals surface area contributed by atoms with Crippen LogP contribution in [0.2, 0.25) is 0 Å². The molecule has 0 saturated heterocycles. The number of nitrogens with one attached hydrogen (secondary N) is 1. The standard InChI is InChI=1S/C12H22N2O2/c13-10-5-3-4-9(10)11(16)14-12(8-15)6-1-2-7-12/h9-10,15H,1-8,13H2,(H,14,16). The molecule has 4 heteroatoms. The number of rotatable bonds is 3.